The first-order valence-corrected chi connectivity index (χ1v) is 13.9. The third-order valence-electron chi connectivity index (χ3n) is 6.33. The van der Waals surface area contributed by atoms with Crippen molar-refractivity contribution in [2.24, 2.45) is 0 Å². The van der Waals surface area contributed by atoms with Gasteiger partial charge in [0.05, 0.1) is 10.5 Å². The van der Waals surface area contributed by atoms with Crippen LogP contribution >= 0.6 is 11.6 Å². The Morgan fingerprint density at radius 2 is 1.68 bits per heavy atom. The van der Waals surface area contributed by atoms with E-state index in [9.17, 15) is 21.6 Å². The van der Waals surface area contributed by atoms with Crippen LogP contribution in [0.2, 0.25) is 5.02 Å². The summed E-state index contributed by atoms with van der Waals surface area (Å²) in [6.07, 6.45) is -3.02. The van der Waals surface area contributed by atoms with Gasteiger partial charge >= 0.3 is 6.18 Å². The molecule has 1 saturated heterocycles. The molecule has 3 aromatic rings. The topological polar surface area (TPSA) is 58.6 Å². The van der Waals surface area contributed by atoms with Gasteiger partial charge in [0.15, 0.2) is 0 Å². The molecule has 10 heteroatoms. The molecular formula is C27H28ClF3N2O3S. The molecular weight excluding hydrogens is 525 g/mol. The van der Waals surface area contributed by atoms with E-state index in [-0.39, 0.29) is 16.7 Å². The van der Waals surface area contributed by atoms with Crippen molar-refractivity contribution in [3.05, 3.63) is 95.0 Å². The van der Waals surface area contributed by atoms with Crippen molar-refractivity contribution in [1.29, 1.82) is 0 Å². The van der Waals surface area contributed by atoms with E-state index in [1.165, 1.54) is 24.3 Å². The van der Waals surface area contributed by atoms with Crippen molar-refractivity contribution in [2.75, 3.05) is 19.6 Å². The predicted octanol–water partition coefficient (Wildman–Crippen LogP) is 6.31. The predicted molar refractivity (Wildman–Crippen MR) is 137 cm³/mol. The summed E-state index contributed by atoms with van der Waals surface area (Å²) in [4.78, 5) is 2.36. The number of alkyl halides is 3. The first kappa shape index (κ1) is 27.4. The van der Waals surface area contributed by atoms with Crippen LogP contribution in [0.5, 0.6) is 5.75 Å². The average molecular weight is 553 g/mol. The number of nitrogens with one attached hydrogen (secondary N) is 1. The van der Waals surface area contributed by atoms with Crippen LogP contribution in [0, 0.1) is 0 Å². The fourth-order valence-corrected chi connectivity index (χ4v) is 5.97. The van der Waals surface area contributed by atoms with Crippen LogP contribution < -0.4 is 9.46 Å². The summed E-state index contributed by atoms with van der Waals surface area (Å²) in [6.45, 7) is 2.04. The number of sulfonamides is 1. The maximum atomic E-state index is 13.2. The van der Waals surface area contributed by atoms with Crippen molar-refractivity contribution in [3.63, 3.8) is 0 Å². The third kappa shape index (κ3) is 7.70. The monoisotopic (exact) mass is 552 g/mol. The highest BCUT2D eigenvalue weighted by molar-refractivity contribution is 7.89. The van der Waals surface area contributed by atoms with E-state index in [2.05, 4.69) is 9.62 Å². The van der Waals surface area contributed by atoms with Crippen molar-refractivity contribution < 1.29 is 26.3 Å². The summed E-state index contributed by atoms with van der Waals surface area (Å²) in [6, 6.07) is 20.3. The molecule has 0 aromatic heterocycles. The van der Waals surface area contributed by atoms with Crippen molar-refractivity contribution in [2.45, 2.75) is 42.5 Å². The standard InChI is InChI=1S/C27H28ClF3N2O3S/c28-22-9-5-11-25(19-22)37(34,35)32-23-12-15-33(16-13-23)17-14-26(20-6-2-1-3-7-20)36-24-10-4-8-21(18-24)27(29,30)31/h1-11,18-19,23,26,32H,12-17H2. The van der Waals surface area contributed by atoms with Crippen molar-refractivity contribution in [1.82, 2.24) is 9.62 Å². The van der Waals surface area contributed by atoms with E-state index in [1.54, 1.807) is 12.1 Å². The molecule has 5 nitrogen and oxygen atoms in total. The molecule has 1 N–H and O–H groups in total. The van der Waals surface area contributed by atoms with Gasteiger partial charge in [-0.15, -0.1) is 0 Å². The second-order valence-electron chi connectivity index (χ2n) is 9.03. The number of hydrogen-bond acceptors (Lipinski definition) is 4. The summed E-state index contributed by atoms with van der Waals surface area (Å²) in [5.74, 6) is 0.165. The van der Waals surface area contributed by atoms with Gasteiger partial charge < -0.3 is 9.64 Å². The van der Waals surface area contributed by atoms with Gasteiger partial charge in [0, 0.05) is 24.0 Å². The van der Waals surface area contributed by atoms with E-state index < -0.39 is 27.9 Å². The number of benzene rings is 3. The van der Waals surface area contributed by atoms with Crippen LogP contribution in [-0.4, -0.2) is 39.0 Å². The Morgan fingerprint density at radius 3 is 2.35 bits per heavy atom. The molecule has 1 fully saturated rings. The van der Waals surface area contributed by atoms with Crippen LogP contribution in [-0.2, 0) is 16.2 Å². The van der Waals surface area contributed by atoms with Crippen LogP contribution in [0.15, 0.2) is 83.8 Å². The Hall–Kier alpha value is -2.59. The molecule has 0 bridgehead atoms. The second-order valence-corrected chi connectivity index (χ2v) is 11.2. The van der Waals surface area contributed by atoms with Crippen LogP contribution in [0.4, 0.5) is 13.2 Å². The van der Waals surface area contributed by atoms with Gasteiger partial charge in [-0.05, 0) is 67.9 Å². The molecule has 1 aliphatic heterocycles. The zero-order valence-electron chi connectivity index (χ0n) is 20.0. The lowest BCUT2D eigenvalue weighted by Crippen LogP contribution is -2.45. The van der Waals surface area contributed by atoms with Crippen molar-refractivity contribution in [3.8, 4) is 5.75 Å². The van der Waals surface area contributed by atoms with Crippen LogP contribution in [0.1, 0.15) is 36.5 Å². The number of halogens is 4. The second kappa shape index (κ2) is 11.9. The summed E-state index contributed by atoms with van der Waals surface area (Å²) < 4.78 is 73.7. The fraction of sp³-hybridized carbons (Fsp3) is 0.333. The van der Waals surface area contributed by atoms with Gasteiger partial charge in [-0.2, -0.15) is 13.2 Å². The number of nitrogens with zero attached hydrogens (tertiary/aromatic N) is 1. The van der Waals surface area contributed by atoms with Gasteiger partial charge in [-0.1, -0.05) is 54.1 Å². The van der Waals surface area contributed by atoms with E-state index in [0.717, 1.165) is 17.7 Å². The van der Waals surface area contributed by atoms with Crippen LogP contribution in [0.25, 0.3) is 0 Å². The molecule has 0 radical (unpaired) electrons. The van der Waals surface area contributed by atoms with E-state index in [4.69, 9.17) is 16.3 Å². The zero-order chi connectivity index (χ0) is 26.5. The van der Waals surface area contributed by atoms with Gasteiger partial charge in [-0.25, -0.2) is 13.1 Å². The molecule has 1 atom stereocenters. The minimum Gasteiger partial charge on any atom is -0.486 e. The van der Waals surface area contributed by atoms with Gasteiger partial charge in [-0.3, -0.25) is 0 Å². The molecule has 0 spiro atoms. The molecule has 1 heterocycles. The summed E-state index contributed by atoms with van der Waals surface area (Å²) in [5.41, 5.74) is 0.128. The molecule has 0 aliphatic carbocycles. The maximum absolute atomic E-state index is 13.2. The third-order valence-corrected chi connectivity index (χ3v) is 8.09. The van der Waals surface area contributed by atoms with Crippen LogP contribution in [0.3, 0.4) is 0 Å². The Labute approximate surface area is 220 Å². The highest BCUT2D eigenvalue weighted by Gasteiger charge is 2.31. The average Bonchev–Trinajstić information content (AvgIpc) is 2.87. The summed E-state index contributed by atoms with van der Waals surface area (Å²) >= 11 is 5.94. The number of hydrogen-bond donors (Lipinski definition) is 1. The Morgan fingerprint density at radius 1 is 0.973 bits per heavy atom. The Bertz CT molecular complexity index is 1280. The quantitative estimate of drug-likeness (QED) is 0.338. The molecule has 0 saturated carbocycles. The molecule has 37 heavy (non-hydrogen) atoms. The number of piperidine rings is 1. The minimum atomic E-state index is -4.44. The van der Waals surface area contributed by atoms with E-state index in [0.29, 0.717) is 43.9 Å². The lowest BCUT2D eigenvalue weighted by atomic mass is 10.0. The lowest BCUT2D eigenvalue weighted by molar-refractivity contribution is -0.137. The molecule has 3 aromatic carbocycles. The molecule has 1 aliphatic rings. The molecule has 1 unspecified atom stereocenters. The van der Waals surface area contributed by atoms with Gasteiger partial charge in [0.2, 0.25) is 10.0 Å². The normalized spacial score (nSPS) is 16.4. The number of likely N-dealkylation sites (tertiary alicyclic amines) is 1. The SMILES string of the molecule is O=S(=O)(NC1CCN(CCC(Oc2cccc(C(F)(F)F)c2)c2ccccc2)CC1)c1cccc(Cl)c1. The van der Waals surface area contributed by atoms with Gasteiger partial charge in [0.25, 0.3) is 0 Å². The minimum absolute atomic E-state index is 0.139. The smallest absolute Gasteiger partial charge is 0.416 e. The first-order chi connectivity index (χ1) is 17.6. The highest BCUT2D eigenvalue weighted by Crippen LogP contribution is 2.33. The largest absolute Gasteiger partial charge is 0.486 e. The fourth-order valence-electron chi connectivity index (χ4n) is 4.37. The zero-order valence-corrected chi connectivity index (χ0v) is 21.6. The molecule has 4 rings (SSSR count). The summed E-state index contributed by atoms with van der Waals surface area (Å²) in [5, 5.41) is 0.359. The van der Waals surface area contributed by atoms with E-state index >= 15 is 0 Å². The van der Waals surface area contributed by atoms with Crippen molar-refractivity contribution >= 4 is 21.6 Å². The summed E-state index contributed by atoms with van der Waals surface area (Å²) in [7, 11) is -3.66. The molecule has 0 amide bonds. The van der Waals surface area contributed by atoms with Gasteiger partial charge in [0.1, 0.15) is 11.9 Å². The first-order valence-electron chi connectivity index (χ1n) is 12.0. The highest BCUT2D eigenvalue weighted by atomic mass is 35.5. The Kier molecular flexibility index (Phi) is 8.79. The van der Waals surface area contributed by atoms with E-state index in [1.807, 2.05) is 30.3 Å². The Balaban J connectivity index is 1.35. The number of ether oxygens (including phenoxy) is 1. The number of rotatable bonds is 9. The molecule has 198 valence electrons. The lowest BCUT2D eigenvalue weighted by Gasteiger charge is -2.33. The maximum Gasteiger partial charge on any atom is 0.416 e.